The number of carbonyl (C=O) groups excluding carboxylic acids is 1. The lowest BCUT2D eigenvalue weighted by atomic mass is 10.3. The Bertz CT molecular complexity index is 1070. The molecule has 3 aromatic rings. The van der Waals surface area contributed by atoms with Crippen molar-refractivity contribution < 1.29 is 17.9 Å². The third kappa shape index (κ3) is 5.11. The van der Waals surface area contributed by atoms with Gasteiger partial charge in [0.25, 0.3) is 0 Å². The summed E-state index contributed by atoms with van der Waals surface area (Å²) in [4.78, 5) is 16.2. The van der Waals surface area contributed by atoms with Crippen LogP contribution < -0.4 is 15.4 Å². The van der Waals surface area contributed by atoms with Crippen LogP contribution in [0.5, 0.6) is 5.75 Å². The zero-order valence-corrected chi connectivity index (χ0v) is 16.6. The number of ether oxygens (including phenoxy) is 1. The van der Waals surface area contributed by atoms with Gasteiger partial charge in [0, 0.05) is 24.6 Å². The molecule has 0 spiro atoms. The number of anilines is 1. The summed E-state index contributed by atoms with van der Waals surface area (Å²) in [6.45, 7) is 2.49. The van der Waals surface area contributed by atoms with Gasteiger partial charge in [0.2, 0.25) is 9.84 Å². The van der Waals surface area contributed by atoms with Gasteiger partial charge in [-0.3, -0.25) is 4.98 Å². The minimum absolute atomic E-state index is 0.108. The fourth-order valence-electron chi connectivity index (χ4n) is 2.65. The van der Waals surface area contributed by atoms with Crippen LogP contribution in [0, 0.1) is 0 Å². The van der Waals surface area contributed by atoms with E-state index in [0.29, 0.717) is 24.6 Å². The van der Waals surface area contributed by atoms with Crippen molar-refractivity contribution >= 4 is 21.6 Å². The number of rotatable bonds is 7. The van der Waals surface area contributed by atoms with Crippen molar-refractivity contribution in [3.63, 3.8) is 0 Å². The summed E-state index contributed by atoms with van der Waals surface area (Å²) < 4.78 is 31.3. The number of benzene rings is 2. The van der Waals surface area contributed by atoms with Crippen LogP contribution in [0.2, 0.25) is 0 Å². The Morgan fingerprint density at radius 3 is 2.48 bits per heavy atom. The molecule has 1 heterocycles. The SMILES string of the molecule is CCOc1ccccc1S(=O)(=O)c1ccc(NC(=O)NCc2cccnc2)cc1. The second-order valence-corrected chi connectivity index (χ2v) is 7.99. The highest BCUT2D eigenvalue weighted by Gasteiger charge is 2.22. The molecule has 8 heteroatoms. The Hall–Kier alpha value is -3.39. The number of pyridine rings is 1. The molecule has 1 aromatic heterocycles. The van der Waals surface area contributed by atoms with E-state index in [2.05, 4.69) is 15.6 Å². The zero-order valence-electron chi connectivity index (χ0n) is 15.8. The Morgan fingerprint density at radius 1 is 1.03 bits per heavy atom. The number of carbonyl (C=O) groups is 1. The maximum atomic E-state index is 12.9. The highest BCUT2D eigenvalue weighted by molar-refractivity contribution is 7.91. The van der Waals surface area contributed by atoms with Gasteiger partial charge in [0.05, 0.1) is 11.5 Å². The normalized spacial score (nSPS) is 10.9. The number of sulfone groups is 1. The first-order valence-corrected chi connectivity index (χ1v) is 10.5. The molecule has 0 aliphatic rings. The Morgan fingerprint density at radius 2 is 1.79 bits per heavy atom. The highest BCUT2D eigenvalue weighted by Crippen LogP contribution is 2.29. The first-order chi connectivity index (χ1) is 14.0. The molecule has 0 aliphatic heterocycles. The molecular formula is C21H21N3O4S. The largest absolute Gasteiger partial charge is 0.493 e. The van der Waals surface area contributed by atoms with E-state index >= 15 is 0 Å². The van der Waals surface area contributed by atoms with Gasteiger partial charge in [0.15, 0.2) is 0 Å². The van der Waals surface area contributed by atoms with Gasteiger partial charge in [-0.25, -0.2) is 13.2 Å². The summed E-state index contributed by atoms with van der Waals surface area (Å²) in [5.41, 5.74) is 1.35. The Kier molecular flexibility index (Phi) is 6.46. The minimum atomic E-state index is -3.74. The Balaban J connectivity index is 1.69. The third-order valence-electron chi connectivity index (χ3n) is 4.04. The van der Waals surface area contributed by atoms with E-state index in [4.69, 9.17) is 4.74 Å². The molecule has 0 radical (unpaired) electrons. The van der Waals surface area contributed by atoms with Crippen molar-refractivity contribution in [2.24, 2.45) is 0 Å². The highest BCUT2D eigenvalue weighted by atomic mass is 32.2. The number of nitrogens with zero attached hydrogens (tertiary/aromatic N) is 1. The summed E-state index contributed by atoms with van der Waals surface area (Å²) >= 11 is 0. The topological polar surface area (TPSA) is 97.4 Å². The van der Waals surface area contributed by atoms with E-state index in [1.807, 2.05) is 6.07 Å². The van der Waals surface area contributed by atoms with Crippen molar-refractivity contribution in [2.45, 2.75) is 23.3 Å². The molecule has 0 saturated carbocycles. The number of hydrogen-bond acceptors (Lipinski definition) is 5. The summed E-state index contributed by atoms with van der Waals surface area (Å²) in [7, 11) is -3.74. The van der Waals surface area contributed by atoms with Crippen LogP contribution in [-0.2, 0) is 16.4 Å². The quantitative estimate of drug-likeness (QED) is 0.619. The van der Waals surface area contributed by atoms with Gasteiger partial charge in [-0.1, -0.05) is 18.2 Å². The van der Waals surface area contributed by atoms with Crippen LogP contribution in [0.25, 0.3) is 0 Å². The molecule has 7 nitrogen and oxygen atoms in total. The van der Waals surface area contributed by atoms with Crippen LogP contribution in [0.4, 0.5) is 10.5 Å². The van der Waals surface area contributed by atoms with Gasteiger partial charge >= 0.3 is 6.03 Å². The molecule has 0 unspecified atom stereocenters. The van der Waals surface area contributed by atoms with Gasteiger partial charge in [-0.05, 0) is 55.0 Å². The standard InChI is InChI=1S/C21H21N3O4S/c1-2-28-19-7-3-4-8-20(19)29(26,27)18-11-9-17(10-12-18)24-21(25)23-15-16-6-5-13-22-14-16/h3-14H,2,15H2,1H3,(H2,23,24,25). The van der Waals surface area contributed by atoms with Crippen molar-refractivity contribution in [1.29, 1.82) is 0 Å². The molecule has 0 bridgehead atoms. The van der Waals surface area contributed by atoms with Crippen LogP contribution in [-0.4, -0.2) is 26.0 Å². The zero-order chi connectivity index (χ0) is 20.7. The fourth-order valence-corrected chi connectivity index (χ4v) is 4.05. The molecule has 0 aliphatic carbocycles. The number of aromatic nitrogens is 1. The molecule has 29 heavy (non-hydrogen) atoms. The molecule has 2 amide bonds. The lowest BCUT2D eigenvalue weighted by Gasteiger charge is -2.12. The number of para-hydroxylation sites is 1. The van der Waals surface area contributed by atoms with E-state index in [9.17, 15) is 13.2 Å². The van der Waals surface area contributed by atoms with Crippen LogP contribution in [0.1, 0.15) is 12.5 Å². The second kappa shape index (κ2) is 9.20. The Labute approximate surface area is 169 Å². The van der Waals surface area contributed by atoms with Crippen LogP contribution in [0.3, 0.4) is 0 Å². The van der Waals surface area contributed by atoms with Crippen molar-refractivity contribution in [3.8, 4) is 5.75 Å². The number of nitrogens with one attached hydrogen (secondary N) is 2. The summed E-state index contributed by atoms with van der Waals surface area (Å²) in [6.07, 6.45) is 3.33. The molecular weight excluding hydrogens is 390 g/mol. The first-order valence-electron chi connectivity index (χ1n) is 9.01. The minimum Gasteiger partial charge on any atom is -0.493 e. The van der Waals surface area contributed by atoms with E-state index < -0.39 is 15.9 Å². The lowest BCUT2D eigenvalue weighted by molar-refractivity contribution is 0.251. The van der Waals surface area contributed by atoms with E-state index in [0.717, 1.165) is 5.56 Å². The van der Waals surface area contributed by atoms with Crippen LogP contribution in [0.15, 0.2) is 82.8 Å². The summed E-state index contributed by atoms with van der Waals surface area (Å²) in [6, 6.07) is 15.7. The summed E-state index contributed by atoms with van der Waals surface area (Å²) in [5, 5.41) is 5.39. The van der Waals surface area contributed by atoms with Crippen molar-refractivity contribution in [3.05, 3.63) is 78.6 Å². The second-order valence-electron chi connectivity index (χ2n) is 6.08. The van der Waals surface area contributed by atoms with Gasteiger partial charge in [-0.15, -0.1) is 0 Å². The van der Waals surface area contributed by atoms with Gasteiger partial charge < -0.3 is 15.4 Å². The monoisotopic (exact) mass is 411 g/mol. The molecule has 3 rings (SSSR count). The fraction of sp³-hybridized carbons (Fsp3) is 0.143. The van der Waals surface area contributed by atoms with E-state index in [1.165, 1.54) is 18.2 Å². The molecule has 150 valence electrons. The predicted octanol–water partition coefficient (Wildman–Crippen LogP) is 3.63. The average molecular weight is 411 g/mol. The third-order valence-corrected chi connectivity index (χ3v) is 5.85. The molecule has 0 fully saturated rings. The lowest BCUT2D eigenvalue weighted by Crippen LogP contribution is -2.28. The number of amides is 2. The first kappa shape index (κ1) is 20.3. The molecule has 2 N–H and O–H groups in total. The average Bonchev–Trinajstić information content (AvgIpc) is 2.74. The van der Waals surface area contributed by atoms with Crippen LogP contribution >= 0.6 is 0 Å². The number of hydrogen-bond donors (Lipinski definition) is 2. The summed E-state index contributed by atoms with van der Waals surface area (Å²) in [5.74, 6) is 0.312. The van der Waals surface area contributed by atoms with Gasteiger partial charge in [0.1, 0.15) is 10.6 Å². The molecule has 0 atom stereocenters. The van der Waals surface area contributed by atoms with E-state index in [-0.39, 0.29) is 9.79 Å². The maximum absolute atomic E-state index is 12.9. The predicted molar refractivity (Wildman–Crippen MR) is 110 cm³/mol. The van der Waals surface area contributed by atoms with Crippen molar-refractivity contribution in [2.75, 3.05) is 11.9 Å². The van der Waals surface area contributed by atoms with E-state index in [1.54, 1.807) is 55.7 Å². The molecule has 0 saturated heterocycles. The smallest absolute Gasteiger partial charge is 0.319 e. The van der Waals surface area contributed by atoms with Gasteiger partial charge in [-0.2, -0.15) is 0 Å². The molecule has 2 aromatic carbocycles. The maximum Gasteiger partial charge on any atom is 0.319 e. The van der Waals surface area contributed by atoms with Crippen molar-refractivity contribution in [1.82, 2.24) is 10.3 Å². The number of urea groups is 1.